The minimum atomic E-state index is -3.28. The van der Waals surface area contributed by atoms with E-state index in [2.05, 4.69) is 0 Å². The number of ether oxygens (including phenoxy) is 1. The van der Waals surface area contributed by atoms with Crippen LogP contribution in [0.15, 0.2) is 30.3 Å². The molecule has 0 saturated carbocycles. The van der Waals surface area contributed by atoms with Gasteiger partial charge in [-0.1, -0.05) is 30.3 Å². The maximum Gasteiger partial charge on any atom is 0.359 e. The van der Waals surface area contributed by atoms with Crippen molar-refractivity contribution in [2.45, 2.75) is 59.3 Å². The fraction of sp³-hybridized carbons (Fsp3) is 0.600. The van der Waals surface area contributed by atoms with Gasteiger partial charge in [-0.15, -0.1) is 0 Å². The van der Waals surface area contributed by atoms with Crippen LogP contribution in [-0.2, 0) is 25.0 Å². The van der Waals surface area contributed by atoms with Gasteiger partial charge >= 0.3 is 7.60 Å². The Hall–Kier alpha value is -0.670. The van der Waals surface area contributed by atoms with Crippen LogP contribution in [0.2, 0.25) is 0 Å². The molecule has 1 atom stereocenters. The molecular formula is C15H25O4P. The molecule has 0 saturated heterocycles. The molecule has 20 heavy (non-hydrogen) atoms. The minimum Gasteiger partial charge on any atom is -0.361 e. The van der Waals surface area contributed by atoms with E-state index in [1.807, 2.05) is 58.0 Å². The predicted molar refractivity (Wildman–Crippen MR) is 80.7 cm³/mol. The molecule has 114 valence electrons. The molecule has 1 aromatic rings. The molecule has 5 heteroatoms. The van der Waals surface area contributed by atoms with Crippen LogP contribution in [0, 0.1) is 0 Å². The summed E-state index contributed by atoms with van der Waals surface area (Å²) in [6.07, 6.45) is -0.357. The topological polar surface area (TPSA) is 44.8 Å². The molecule has 0 spiro atoms. The lowest BCUT2D eigenvalue weighted by atomic mass is 10.2. The van der Waals surface area contributed by atoms with Crippen molar-refractivity contribution in [2.24, 2.45) is 0 Å². The van der Waals surface area contributed by atoms with Crippen molar-refractivity contribution < 1.29 is 18.3 Å². The third kappa shape index (κ3) is 5.76. The van der Waals surface area contributed by atoms with Crippen molar-refractivity contribution in [3.05, 3.63) is 35.9 Å². The highest BCUT2D eigenvalue weighted by molar-refractivity contribution is 7.54. The van der Waals surface area contributed by atoms with Crippen molar-refractivity contribution >= 4 is 7.60 Å². The molecule has 0 N–H and O–H groups in total. The van der Waals surface area contributed by atoms with Crippen LogP contribution in [0.4, 0.5) is 0 Å². The highest BCUT2D eigenvalue weighted by Crippen LogP contribution is 2.55. The maximum absolute atomic E-state index is 12.8. The molecule has 0 aromatic heterocycles. The second kappa shape index (κ2) is 7.94. The van der Waals surface area contributed by atoms with Gasteiger partial charge in [-0.25, -0.2) is 0 Å². The number of hydrogen-bond donors (Lipinski definition) is 0. The van der Waals surface area contributed by atoms with E-state index >= 15 is 0 Å². The summed E-state index contributed by atoms with van der Waals surface area (Å²) >= 11 is 0. The van der Waals surface area contributed by atoms with E-state index in [4.69, 9.17) is 13.8 Å². The van der Waals surface area contributed by atoms with Crippen molar-refractivity contribution in [1.29, 1.82) is 0 Å². The largest absolute Gasteiger partial charge is 0.361 e. The molecular weight excluding hydrogens is 275 g/mol. The van der Waals surface area contributed by atoms with Gasteiger partial charge in [0.05, 0.1) is 18.8 Å². The summed E-state index contributed by atoms with van der Waals surface area (Å²) in [5.41, 5.74) is 1.03. The first kappa shape index (κ1) is 17.4. The fourth-order valence-corrected chi connectivity index (χ4v) is 3.49. The van der Waals surface area contributed by atoms with Crippen LogP contribution in [-0.4, -0.2) is 18.1 Å². The van der Waals surface area contributed by atoms with Gasteiger partial charge in [-0.05, 0) is 40.2 Å². The monoisotopic (exact) mass is 300 g/mol. The van der Waals surface area contributed by atoms with Gasteiger partial charge in [0.15, 0.2) is 5.85 Å². The molecule has 1 rings (SSSR count). The van der Waals surface area contributed by atoms with Gasteiger partial charge in [0, 0.05) is 0 Å². The zero-order valence-electron chi connectivity index (χ0n) is 12.9. The van der Waals surface area contributed by atoms with Gasteiger partial charge in [0.2, 0.25) is 0 Å². The number of hydrogen-bond acceptors (Lipinski definition) is 4. The average molecular weight is 300 g/mol. The van der Waals surface area contributed by atoms with E-state index in [1.54, 1.807) is 6.92 Å². The molecule has 0 aliphatic rings. The van der Waals surface area contributed by atoms with Gasteiger partial charge < -0.3 is 13.8 Å². The summed E-state index contributed by atoms with van der Waals surface area (Å²) in [4.78, 5) is 0. The van der Waals surface area contributed by atoms with Crippen molar-refractivity contribution in [1.82, 2.24) is 0 Å². The van der Waals surface area contributed by atoms with Crippen molar-refractivity contribution in [2.75, 3.05) is 0 Å². The average Bonchev–Trinajstić information content (AvgIpc) is 2.35. The SMILES string of the molecule is CC(C)OP(=O)(OC(C)C)C(C)OCc1ccccc1. The third-order valence-corrected chi connectivity index (χ3v) is 4.97. The molecule has 0 fully saturated rings. The third-order valence-electron chi connectivity index (χ3n) is 2.49. The van der Waals surface area contributed by atoms with Gasteiger partial charge in [-0.2, -0.15) is 0 Å². The Kier molecular flexibility index (Phi) is 6.90. The van der Waals surface area contributed by atoms with Crippen LogP contribution in [0.3, 0.4) is 0 Å². The molecule has 0 aliphatic carbocycles. The molecule has 0 radical (unpaired) electrons. The Labute approximate surface area is 122 Å². The summed E-state index contributed by atoms with van der Waals surface area (Å²) in [6.45, 7) is 9.45. The fourth-order valence-electron chi connectivity index (χ4n) is 1.67. The molecule has 1 unspecified atom stereocenters. The Balaban J connectivity index is 2.68. The Morgan fingerprint density at radius 3 is 1.90 bits per heavy atom. The predicted octanol–water partition coefficient (Wildman–Crippen LogP) is 4.59. The first-order valence-corrected chi connectivity index (χ1v) is 8.56. The Morgan fingerprint density at radius 2 is 1.45 bits per heavy atom. The molecule has 0 amide bonds. The first-order valence-electron chi connectivity index (χ1n) is 6.95. The van der Waals surface area contributed by atoms with E-state index < -0.39 is 13.4 Å². The number of rotatable bonds is 8. The quantitative estimate of drug-likeness (QED) is 0.659. The molecule has 0 bridgehead atoms. The molecule has 1 aromatic carbocycles. The van der Waals surface area contributed by atoms with Gasteiger partial charge in [0.25, 0.3) is 0 Å². The van der Waals surface area contributed by atoms with Gasteiger partial charge in [0.1, 0.15) is 0 Å². The lowest BCUT2D eigenvalue weighted by Crippen LogP contribution is -2.18. The van der Waals surface area contributed by atoms with Crippen LogP contribution in [0.5, 0.6) is 0 Å². The van der Waals surface area contributed by atoms with E-state index in [0.29, 0.717) is 6.61 Å². The molecule has 4 nitrogen and oxygen atoms in total. The lowest BCUT2D eigenvalue weighted by molar-refractivity contribution is 0.0518. The zero-order chi connectivity index (χ0) is 15.2. The summed E-state index contributed by atoms with van der Waals surface area (Å²) in [5, 5.41) is 0. The minimum absolute atomic E-state index is 0.178. The second-order valence-corrected chi connectivity index (χ2v) is 7.47. The van der Waals surface area contributed by atoms with Crippen molar-refractivity contribution in [3.8, 4) is 0 Å². The highest BCUT2D eigenvalue weighted by atomic mass is 31.2. The van der Waals surface area contributed by atoms with Crippen LogP contribution >= 0.6 is 7.60 Å². The highest BCUT2D eigenvalue weighted by Gasteiger charge is 2.35. The maximum atomic E-state index is 12.8. The van der Waals surface area contributed by atoms with Gasteiger partial charge in [-0.3, -0.25) is 4.57 Å². The second-order valence-electron chi connectivity index (χ2n) is 5.24. The number of benzene rings is 1. The summed E-state index contributed by atoms with van der Waals surface area (Å²) in [5.74, 6) is -0.604. The molecule has 0 heterocycles. The van der Waals surface area contributed by atoms with Crippen LogP contribution in [0.1, 0.15) is 40.2 Å². The van der Waals surface area contributed by atoms with E-state index in [0.717, 1.165) is 5.56 Å². The molecule has 0 aliphatic heterocycles. The zero-order valence-corrected chi connectivity index (χ0v) is 13.8. The van der Waals surface area contributed by atoms with E-state index in [1.165, 1.54) is 0 Å². The Morgan fingerprint density at radius 1 is 0.950 bits per heavy atom. The lowest BCUT2D eigenvalue weighted by Gasteiger charge is -2.27. The van der Waals surface area contributed by atoms with E-state index in [9.17, 15) is 4.57 Å². The van der Waals surface area contributed by atoms with E-state index in [-0.39, 0.29) is 12.2 Å². The smallest absolute Gasteiger partial charge is 0.359 e. The van der Waals surface area contributed by atoms with Crippen LogP contribution in [0.25, 0.3) is 0 Å². The summed E-state index contributed by atoms with van der Waals surface area (Å²) in [7, 11) is -3.28. The first-order chi connectivity index (χ1) is 9.33. The standard InChI is InChI=1S/C15H25O4P/c1-12(2)18-20(16,19-13(3)4)14(5)17-11-15-9-7-6-8-10-15/h6-10,12-14H,11H2,1-5H3. The Bertz CT molecular complexity index is 417. The summed E-state index contributed by atoms with van der Waals surface area (Å²) < 4.78 is 29.5. The normalized spacial score (nSPS) is 13.9. The summed E-state index contributed by atoms with van der Waals surface area (Å²) in [6, 6.07) is 9.76. The van der Waals surface area contributed by atoms with Crippen LogP contribution < -0.4 is 0 Å². The van der Waals surface area contributed by atoms with Crippen molar-refractivity contribution in [3.63, 3.8) is 0 Å².